The summed E-state index contributed by atoms with van der Waals surface area (Å²) in [6.45, 7) is 0. The Labute approximate surface area is 123 Å². The van der Waals surface area contributed by atoms with Crippen LogP contribution >= 0.6 is 11.8 Å². The van der Waals surface area contributed by atoms with Gasteiger partial charge in [0.05, 0.1) is 11.1 Å². The Hall–Kier alpha value is -1.70. The van der Waals surface area contributed by atoms with Gasteiger partial charge in [0.2, 0.25) is 0 Å². The van der Waals surface area contributed by atoms with E-state index in [1.165, 1.54) is 23.9 Å². The number of carbonyl (C=O) groups is 2. The summed E-state index contributed by atoms with van der Waals surface area (Å²) in [5, 5.41) is 11.1. The number of nitrogens with one attached hydrogen (secondary N) is 1. The number of halogens is 3. The molecule has 0 aromatic heterocycles. The molecule has 0 unspecified atom stereocenters. The molecule has 0 saturated carbocycles. The van der Waals surface area contributed by atoms with Gasteiger partial charge in [0.15, 0.2) is 0 Å². The van der Waals surface area contributed by atoms with Crippen LogP contribution < -0.4 is 5.32 Å². The van der Waals surface area contributed by atoms with Gasteiger partial charge in [-0.2, -0.15) is 24.9 Å². The van der Waals surface area contributed by atoms with Gasteiger partial charge in [-0.05, 0) is 30.6 Å². The number of aliphatic carboxylic acids is 1. The summed E-state index contributed by atoms with van der Waals surface area (Å²) in [6.07, 6.45) is -2.78. The molecule has 4 nitrogen and oxygen atoms in total. The van der Waals surface area contributed by atoms with E-state index >= 15 is 0 Å². The quantitative estimate of drug-likeness (QED) is 0.845. The van der Waals surface area contributed by atoms with Gasteiger partial charge in [-0.3, -0.25) is 4.79 Å². The summed E-state index contributed by atoms with van der Waals surface area (Å²) in [7, 11) is 0. The van der Waals surface area contributed by atoms with E-state index in [1.807, 2.05) is 0 Å². The van der Waals surface area contributed by atoms with Crippen molar-refractivity contribution in [1.82, 2.24) is 5.32 Å². The summed E-state index contributed by atoms with van der Waals surface area (Å²) < 4.78 is 38.4. The maximum atomic E-state index is 12.8. The third-order valence-electron chi connectivity index (χ3n) is 2.69. The van der Waals surface area contributed by atoms with E-state index in [0.29, 0.717) is 5.75 Å². The zero-order valence-electron chi connectivity index (χ0n) is 11.1. The molecule has 1 atom stereocenters. The molecule has 0 aliphatic heterocycles. The highest BCUT2D eigenvalue weighted by molar-refractivity contribution is 7.98. The minimum Gasteiger partial charge on any atom is -0.480 e. The minimum atomic E-state index is -4.67. The molecule has 0 saturated heterocycles. The Bertz CT molecular complexity index is 520. The van der Waals surface area contributed by atoms with Crippen LogP contribution in [0.2, 0.25) is 0 Å². The van der Waals surface area contributed by atoms with Crippen LogP contribution in [0.4, 0.5) is 13.2 Å². The van der Waals surface area contributed by atoms with E-state index < -0.39 is 35.2 Å². The highest BCUT2D eigenvalue weighted by Crippen LogP contribution is 2.31. The number of carbonyl (C=O) groups excluding carboxylic acids is 1. The third-order valence-corrected chi connectivity index (χ3v) is 3.34. The van der Waals surface area contributed by atoms with Crippen molar-refractivity contribution in [3.63, 3.8) is 0 Å². The fourth-order valence-corrected chi connectivity index (χ4v) is 2.13. The first-order valence-electron chi connectivity index (χ1n) is 5.96. The van der Waals surface area contributed by atoms with E-state index in [-0.39, 0.29) is 6.42 Å². The van der Waals surface area contributed by atoms with Crippen molar-refractivity contribution in [2.75, 3.05) is 12.0 Å². The standard InChI is InChI=1S/C13H14F3NO3S/c1-21-7-6-10(12(19)20)17-11(18)8-4-2-3-5-9(8)13(14,15)16/h2-5,10H,6-7H2,1H3,(H,17,18)(H,19,20)/t10-/m0/s1. The number of thioether (sulfide) groups is 1. The zero-order chi connectivity index (χ0) is 16.0. The van der Waals surface area contributed by atoms with Gasteiger partial charge in [-0.1, -0.05) is 12.1 Å². The number of rotatable bonds is 6. The van der Waals surface area contributed by atoms with Crippen molar-refractivity contribution < 1.29 is 27.9 Å². The van der Waals surface area contributed by atoms with Gasteiger partial charge in [0.25, 0.3) is 5.91 Å². The minimum absolute atomic E-state index is 0.135. The van der Waals surface area contributed by atoms with E-state index in [2.05, 4.69) is 5.32 Å². The second-order valence-corrected chi connectivity index (χ2v) is 5.17. The number of carboxylic acid groups (broad SMARTS) is 1. The van der Waals surface area contributed by atoms with Crippen molar-refractivity contribution in [3.05, 3.63) is 35.4 Å². The fourth-order valence-electron chi connectivity index (χ4n) is 1.66. The molecular weight excluding hydrogens is 307 g/mol. The summed E-state index contributed by atoms with van der Waals surface area (Å²) >= 11 is 1.38. The van der Waals surface area contributed by atoms with Crippen LogP contribution in [0.25, 0.3) is 0 Å². The van der Waals surface area contributed by atoms with Crippen molar-refractivity contribution in [1.29, 1.82) is 0 Å². The Morgan fingerprint density at radius 3 is 2.48 bits per heavy atom. The van der Waals surface area contributed by atoms with Crippen LogP contribution in [0, 0.1) is 0 Å². The maximum Gasteiger partial charge on any atom is 0.417 e. The molecule has 1 amide bonds. The number of hydrogen-bond acceptors (Lipinski definition) is 3. The lowest BCUT2D eigenvalue weighted by atomic mass is 10.1. The predicted molar refractivity (Wildman–Crippen MR) is 73.3 cm³/mol. The Morgan fingerprint density at radius 2 is 1.95 bits per heavy atom. The molecule has 0 spiro atoms. The van der Waals surface area contributed by atoms with Crippen LogP contribution in [0.15, 0.2) is 24.3 Å². The second kappa shape index (κ2) is 7.35. The second-order valence-electron chi connectivity index (χ2n) is 4.19. The number of amides is 1. The molecule has 1 rings (SSSR count). The number of benzene rings is 1. The van der Waals surface area contributed by atoms with Gasteiger partial charge in [0.1, 0.15) is 6.04 Å². The highest BCUT2D eigenvalue weighted by atomic mass is 32.2. The number of alkyl halides is 3. The average Bonchev–Trinajstić information content (AvgIpc) is 2.42. The molecule has 21 heavy (non-hydrogen) atoms. The van der Waals surface area contributed by atoms with Crippen LogP contribution in [0.1, 0.15) is 22.3 Å². The summed E-state index contributed by atoms with van der Waals surface area (Å²) in [6, 6.07) is 3.05. The molecule has 1 aromatic rings. The van der Waals surface area contributed by atoms with E-state index in [4.69, 9.17) is 5.11 Å². The molecule has 0 aliphatic rings. The smallest absolute Gasteiger partial charge is 0.417 e. The largest absolute Gasteiger partial charge is 0.480 e. The summed E-state index contributed by atoms with van der Waals surface area (Å²) in [5.41, 5.74) is -1.67. The molecule has 8 heteroatoms. The Kier molecular flexibility index (Phi) is 6.07. The monoisotopic (exact) mass is 321 g/mol. The number of hydrogen-bond donors (Lipinski definition) is 2. The lowest BCUT2D eigenvalue weighted by Crippen LogP contribution is -2.41. The van der Waals surface area contributed by atoms with E-state index in [0.717, 1.165) is 12.1 Å². The predicted octanol–water partition coefficient (Wildman–Crippen LogP) is 2.64. The van der Waals surface area contributed by atoms with Crippen LogP contribution in [0.5, 0.6) is 0 Å². The molecule has 0 radical (unpaired) electrons. The van der Waals surface area contributed by atoms with Crippen LogP contribution in [0.3, 0.4) is 0 Å². The van der Waals surface area contributed by atoms with Gasteiger partial charge in [-0.15, -0.1) is 0 Å². The van der Waals surface area contributed by atoms with Gasteiger partial charge < -0.3 is 10.4 Å². The normalized spacial score (nSPS) is 12.8. The van der Waals surface area contributed by atoms with Gasteiger partial charge in [0, 0.05) is 0 Å². The number of carboxylic acids is 1. The molecule has 0 heterocycles. The van der Waals surface area contributed by atoms with Gasteiger partial charge >= 0.3 is 12.1 Å². The first kappa shape index (κ1) is 17.4. The van der Waals surface area contributed by atoms with Crippen molar-refractivity contribution in [2.24, 2.45) is 0 Å². The first-order chi connectivity index (χ1) is 9.77. The highest BCUT2D eigenvalue weighted by Gasteiger charge is 2.35. The topological polar surface area (TPSA) is 66.4 Å². The maximum absolute atomic E-state index is 12.8. The summed E-state index contributed by atoms with van der Waals surface area (Å²) in [4.78, 5) is 22.9. The molecule has 2 N–H and O–H groups in total. The van der Waals surface area contributed by atoms with Crippen molar-refractivity contribution >= 4 is 23.6 Å². The first-order valence-corrected chi connectivity index (χ1v) is 7.35. The lowest BCUT2D eigenvalue weighted by molar-refractivity contribution is -0.139. The molecule has 0 fully saturated rings. The fraction of sp³-hybridized carbons (Fsp3) is 0.385. The van der Waals surface area contributed by atoms with Crippen molar-refractivity contribution in [3.8, 4) is 0 Å². The Balaban J connectivity index is 2.96. The van der Waals surface area contributed by atoms with Crippen LogP contribution in [-0.4, -0.2) is 35.0 Å². The SMILES string of the molecule is CSCC[C@H](NC(=O)c1ccccc1C(F)(F)F)C(=O)O. The molecule has 1 aromatic carbocycles. The summed E-state index contributed by atoms with van der Waals surface area (Å²) in [5.74, 6) is -1.85. The van der Waals surface area contributed by atoms with E-state index in [9.17, 15) is 22.8 Å². The van der Waals surface area contributed by atoms with Crippen molar-refractivity contribution in [2.45, 2.75) is 18.6 Å². The van der Waals surface area contributed by atoms with Gasteiger partial charge in [-0.25, -0.2) is 4.79 Å². The average molecular weight is 321 g/mol. The molecular formula is C13H14F3NO3S. The zero-order valence-corrected chi connectivity index (χ0v) is 11.9. The lowest BCUT2D eigenvalue weighted by Gasteiger charge is -2.16. The van der Waals surface area contributed by atoms with Crippen LogP contribution in [-0.2, 0) is 11.0 Å². The third kappa shape index (κ3) is 4.96. The molecule has 0 bridgehead atoms. The Morgan fingerprint density at radius 1 is 1.33 bits per heavy atom. The molecule has 0 aliphatic carbocycles. The van der Waals surface area contributed by atoms with E-state index in [1.54, 1.807) is 6.26 Å². The molecule has 116 valence electrons.